The topological polar surface area (TPSA) is 218 Å². The predicted octanol–water partition coefficient (Wildman–Crippen LogP) is 8.48. The highest BCUT2D eigenvalue weighted by Crippen LogP contribution is 2.29. The molecular formula is C45H34N14. The van der Waals surface area contributed by atoms with Crippen molar-refractivity contribution in [3.05, 3.63) is 158 Å². The Balaban J connectivity index is 0.939. The first-order valence-electron chi connectivity index (χ1n) is 18.5. The lowest BCUT2D eigenvalue weighted by atomic mass is 10.1. The fourth-order valence-corrected chi connectivity index (χ4v) is 6.32. The average Bonchev–Trinajstić information content (AvgIpc) is 3.27. The van der Waals surface area contributed by atoms with Gasteiger partial charge in [-0.05, 0) is 109 Å². The van der Waals surface area contributed by atoms with Gasteiger partial charge in [0.2, 0.25) is 0 Å². The third-order valence-electron chi connectivity index (χ3n) is 8.96. The van der Waals surface area contributed by atoms with Gasteiger partial charge in [0, 0.05) is 29.5 Å². The van der Waals surface area contributed by atoms with Gasteiger partial charge in [-0.3, -0.25) is 9.97 Å². The normalized spacial score (nSPS) is 10.9. The Kier molecular flexibility index (Phi) is 9.67. The van der Waals surface area contributed by atoms with Crippen LogP contribution in [0.25, 0.3) is 68.3 Å². The molecule has 0 bridgehead atoms. The molecule has 0 aliphatic carbocycles. The number of nitrogens with two attached hydrogens (primary N) is 3. The molecule has 0 atom stereocenters. The van der Waals surface area contributed by atoms with E-state index in [0.717, 1.165) is 11.4 Å². The van der Waals surface area contributed by atoms with E-state index in [0.29, 0.717) is 97.3 Å². The maximum absolute atomic E-state index is 6.43. The van der Waals surface area contributed by atoms with E-state index in [1.807, 2.05) is 109 Å². The Morgan fingerprint density at radius 1 is 0.271 bits per heavy atom. The van der Waals surface area contributed by atoms with E-state index in [9.17, 15) is 0 Å². The van der Waals surface area contributed by atoms with Crippen molar-refractivity contribution in [1.82, 2.24) is 44.9 Å². The van der Waals surface area contributed by atoms with Crippen LogP contribution in [0.3, 0.4) is 0 Å². The lowest BCUT2D eigenvalue weighted by molar-refractivity contribution is 1.19. The van der Waals surface area contributed by atoms with Crippen molar-refractivity contribution >= 4 is 40.3 Å². The first kappa shape index (κ1) is 36.0. The van der Waals surface area contributed by atoms with Crippen LogP contribution in [0.4, 0.5) is 40.3 Å². The molecule has 0 aliphatic heterocycles. The molecule has 0 aromatic carbocycles. The van der Waals surface area contributed by atoms with E-state index in [1.54, 1.807) is 48.8 Å². The van der Waals surface area contributed by atoms with Gasteiger partial charge >= 0.3 is 0 Å². The fourth-order valence-electron chi connectivity index (χ4n) is 6.32. The molecule has 284 valence electrons. The van der Waals surface area contributed by atoms with Crippen molar-refractivity contribution in [3.8, 4) is 68.3 Å². The highest BCUT2D eigenvalue weighted by atomic mass is 15.1. The van der Waals surface area contributed by atoms with Crippen LogP contribution in [0.15, 0.2) is 158 Å². The number of aromatic nitrogens is 9. The minimum atomic E-state index is 0.508. The Morgan fingerprint density at radius 3 is 0.814 bits per heavy atom. The number of rotatable bonds is 10. The van der Waals surface area contributed by atoms with Gasteiger partial charge in [0.15, 0.2) is 0 Å². The smallest absolute Gasteiger partial charge is 0.132 e. The van der Waals surface area contributed by atoms with E-state index in [2.05, 4.69) is 20.6 Å². The monoisotopic (exact) mass is 770 g/mol. The van der Waals surface area contributed by atoms with Crippen LogP contribution in [-0.4, -0.2) is 44.9 Å². The lowest BCUT2D eigenvalue weighted by Crippen LogP contribution is -2.01. The van der Waals surface area contributed by atoms with Crippen molar-refractivity contribution in [2.45, 2.75) is 0 Å². The molecule has 9 aromatic rings. The van der Waals surface area contributed by atoms with E-state index in [1.165, 1.54) is 0 Å². The zero-order valence-electron chi connectivity index (χ0n) is 31.3. The van der Waals surface area contributed by atoms with Crippen molar-refractivity contribution in [2.24, 2.45) is 0 Å². The first-order chi connectivity index (χ1) is 28.9. The average molecular weight is 771 g/mol. The van der Waals surface area contributed by atoms with E-state index >= 15 is 0 Å². The number of hydrogen-bond acceptors (Lipinski definition) is 14. The SMILES string of the molecule is Nc1cc(-c2ccccn2)nc(-c2cccc(Nc3cccc(-c4cc(N)cc(-c5cccc(Nc6cccc(-c7cc(N)cc(-c8ccccn8)n7)n6)n5)n4)n3)n2)c1. The second-order valence-electron chi connectivity index (χ2n) is 13.3. The van der Waals surface area contributed by atoms with Gasteiger partial charge in [-0.1, -0.05) is 36.4 Å². The molecule has 59 heavy (non-hydrogen) atoms. The number of anilines is 7. The summed E-state index contributed by atoms with van der Waals surface area (Å²) < 4.78 is 0. The molecular weight excluding hydrogens is 737 g/mol. The molecule has 0 radical (unpaired) electrons. The van der Waals surface area contributed by atoms with Gasteiger partial charge in [-0.15, -0.1) is 0 Å². The number of nitrogens with one attached hydrogen (secondary N) is 2. The van der Waals surface area contributed by atoms with Crippen LogP contribution in [-0.2, 0) is 0 Å². The van der Waals surface area contributed by atoms with Crippen LogP contribution < -0.4 is 27.8 Å². The molecule has 9 rings (SSSR count). The summed E-state index contributed by atoms with van der Waals surface area (Å²) in [7, 11) is 0. The van der Waals surface area contributed by atoms with Gasteiger partial charge in [0.1, 0.15) is 23.3 Å². The minimum absolute atomic E-state index is 0.508. The summed E-state index contributed by atoms with van der Waals surface area (Å²) in [6, 6.07) is 44.5. The standard InChI is InChI=1S/C45H34N14/c46-27-21-36(30-9-1-3-19-49-30)51-38(23-27)32-11-5-15-42(54-32)58-44-17-7-13-34(56-44)40-25-29(48)26-41(53-40)35-14-8-18-45(57-35)59-43-16-6-12-33(55-43)39-24-28(47)22-37(52-39)31-10-2-4-20-50-31/h1-26H,(H2,46,51)(H2,47,52)(H2,48,53)(H,54,56,58)(H,55,57,59). The maximum atomic E-state index is 6.43. The van der Waals surface area contributed by atoms with Crippen LogP contribution in [0, 0.1) is 0 Å². The van der Waals surface area contributed by atoms with Crippen LogP contribution in [0.5, 0.6) is 0 Å². The molecule has 14 nitrogen and oxygen atoms in total. The maximum Gasteiger partial charge on any atom is 0.132 e. The zero-order valence-corrected chi connectivity index (χ0v) is 31.3. The van der Waals surface area contributed by atoms with Crippen LogP contribution in [0.2, 0.25) is 0 Å². The Labute approximate surface area is 338 Å². The quantitative estimate of drug-likeness (QED) is 0.0881. The minimum Gasteiger partial charge on any atom is -0.399 e. The molecule has 0 amide bonds. The molecule has 0 unspecified atom stereocenters. The van der Waals surface area contributed by atoms with Gasteiger partial charge < -0.3 is 27.8 Å². The molecule has 9 aromatic heterocycles. The number of hydrogen-bond donors (Lipinski definition) is 5. The third kappa shape index (κ3) is 8.32. The van der Waals surface area contributed by atoms with Crippen molar-refractivity contribution < 1.29 is 0 Å². The summed E-state index contributed by atoms with van der Waals surface area (Å²) in [5.41, 5.74) is 28.2. The molecule has 0 saturated heterocycles. The van der Waals surface area contributed by atoms with Crippen molar-refractivity contribution in [2.75, 3.05) is 27.8 Å². The molecule has 0 aliphatic rings. The molecule has 8 N–H and O–H groups in total. The van der Waals surface area contributed by atoms with Crippen molar-refractivity contribution in [3.63, 3.8) is 0 Å². The molecule has 9 heterocycles. The summed E-state index contributed by atoms with van der Waals surface area (Å²) in [5, 5.41) is 6.62. The number of nitrogens with zero attached hydrogens (tertiary/aromatic N) is 9. The third-order valence-corrected chi connectivity index (χ3v) is 8.96. The molecule has 0 saturated carbocycles. The summed E-state index contributed by atoms with van der Waals surface area (Å²) in [5.74, 6) is 2.27. The predicted molar refractivity (Wildman–Crippen MR) is 232 cm³/mol. The van der Waals surface area contributed by atoms with Gasteiger partial charge in [0.25, 0.3) is 0 Å². The second-order valence-corrected chi connectivity index (χ2v) is 13.3. The molecule has 14 heteroatoms. The van der Waals surface area contributed by atoms with Crippen LogP contribution >= 0.6 is 0 Å². The summed E-state index contributed by atoms with van der Waals surface area (Å²) in [6.45, 7) is 0. The zero-order chi connectivity index (χ0) is 40.1. The van der Waals surface area contributed by atoms with Gasteiger partial charge in [0.05, 0.1) is 68.3 Å². The summed E-state index contributed by atoms with van der Waals surface area (Å²) in [6.07, 6.45) is 3.44. The molecule has 0 spiro atoms. The lowest BCUT2D eigenvalue weighted by Gasteiger charge is -2.11. The van der Waals surface area contributed by atoms with E-state index in [-0.39, 0.29) is 0 Å². The van der Waals surface area contributed by atoms with Gasteiger partial charge in [-0.25, -0.2) is 34.9 Å². The highest BCUT2D eigenvalue weighted by molar-refractivity contribution is 5.73. The van der Waals surface area contributed by atoms with Gasteiger partial charge in [-0.2, -0.15) is 0 Å². The Hall–Kier alpha value is -8.65. The second kappa shape index (κ2) is 15.8. The number of nitrogen functional groups attached to an aromatic ring is 3. The Bertz CT molecular complexity index is 2750. The Morgan fingerprint density at radius 2 is 0.542 bits per heavy atom. The molecule has 0 fully saturated rings. The van der Waals surface area contributed by atoms with E-state index < -0.39 is 0 Å². The highest BCUT2D eigenvalue weighted by Gasteiger charge is 2.13. The largest absolute Gasteiger partial charge is 0.399 e. The first-order valence-corrected chi connectivity index (χ1v) is 18.5. The van der Waals surface area contributed by atoms with Crippen molar-refractivity contribution in [1.29, 1.82) is 0 Å². The summed E-state index contributed by atoms with van der Waals surface area (Å²) in [4.78, 5) is 42.6. The number of pyridine rings is 9. The van der Waals surface area contributed by atoms with E-state index in [4.69, 9.17) is 52.1 Å². The fraction of sp³-hybridized carbons (Fsp3) is 0. The van der Waals surface area contributed by atoms with Crippen LogP contribution in [0.1, 0.15) is 0 Å². The summed E-state index contributed by atoms with van der Waals surface area (Å²) >= 11 is 0.